The van der Waals surface area contributed by atoms with Gasteiger partial charge in [0.15, 0.2) is 0 Å². The summed E-state index contributed by atoms with van der Waals surface area (Å²) < 4.78 is 7.54. The summed E-state index contributed by atoms with van der Waals surface area (Å²) in [5.41, 5.74) is 2.12. The van der Waals surface area contributed by atoms with Crippen molar-refractivity contribution in [2.24, 2.45) is 0 Å². The van der Waals surface area contributed by atoms with Crippen molar-refractivity contribution in [3.8, 4) is 6.07 Å². The molecule has 0 aliphatic heterocycles. The third-order valence-corrected chi connectivity index (χ3v) is 3.76. The lowest BCUT2D eigenvalue weighted by Crippen LogP contribution is -2.10. The number of nitriles is 1. The minimum atomic E-state index is -0.263. The second-order valence-electron chi connectivity index (χ2n) is 4.93. The molecule has 2 aromatic heterocycles. The molecule has 1 aromatic carbocycles. The highest BCUT2D eigenvalue weighted by molar-refractivity contribution is 6.20. The Morgan fingerprint density at radius 3 is 2.71 bits per heavy atom. The number of hydrogen-bond donors (Lipinski definition) is 0. The van der Waals surface area contributed by atoms with E-state index in [9.17, 15) is 5.26 Å². The van der Waals surface area contributed by atoms with E-state index in [-0.39, 0.29) is 11.4 Å². The first-order valence-corrected chi connectivity index (χ1v) is 7.15. The highest BCUT2D eigenvalue weighted by Gasteiger charge is 2.22. The summed E-state index contributed by atoms with van der Waals surface area (Å²) >= 11 is 6.28. The predicted octanol–water partition coefficient (Wildman–Crippen LogP) is 4.41. The molecular formula is C16H14ClN3O. The summed E-state index contributed by atoms with van der Waals surface area (Å²) in [6.45, 7) is 3.90. The minimum absolute atomic E-state index is 0.0462. The first-order valence-electron chi connectivity index (χ1n) is 6.72. The van der Waals surface area contributed by atoms with Crippen LogP contribution in [0, 0.1) is 11.3 Å². The summed E-state index contributed by atoms with van der Waals surface area (Å²) in [4.78, 5) is 4.58. The Balaban J connectivity index is 2.30. The molecule has 0 amide bonds. The zero-order valence-corrected chi connectivity index (χ0v) is 12.5. The molecule has 0 saturated heterocycles. The van der Waals surface area contributed by atoms with Crippen molar-refractivity contribution in [1.82, 2.24) is 9.55 Å². The Kier molecular flexibility index (Phi) is 3.44. The Morgan fingerprint density at radius 2 is 2.10 bits per heavy atom. The van der Waals surface area contributed by atoms with Crippen LogP contribution in [0.15, 0.2) is 41.0 Å². The third kappa shape index (κ3) is 2.20. The second kappa shape index (κ2) is 5.27. The van der Waals surface area contributed by atoms with E-state index in [1.54, 1.807) is 12.3 Å². The highest BCUT2D eigenvalue weighted by atomic mass is 35.5. The van der Waals surface area contributed by atoms with Crippen LogP contribution in [-0.2, 0) is 0 Å². The molecule has 0 N–H and O–H groups in total. The third-order valence-electron chi connectivity index (χ3n) is 3.57. The molecule has 2 atom stereocenters. The van der Waals surface area contributed by atoms with Crippen LogP contribution in [0.25, 0.3) is 11.0 Å². The molecule has 0 saturated carbocycles. The number of hydrogen-bond acceptors (Lipinski definition) is 3. The maximum Gasteiger partial charge on any atom is 0.128 e. The van der Waals surface area contributed by atoms with Gasteiger partial charge in [-0.05, 0) is 38.1 Å². The minimum Gasteiger partial charge on any atom is -0.467 e. The van der Waals surface area contributed by atoms with Gasteiger partial charge in [-0.15, -0.1) is 11.6 Å². The Bertz CT molecular complexity index is 812. The van der Waals surface area contributed by atoms with Crippen LogP contribution in [0.1, 0.15) is 42.4 Å². The summed E-state index contributed by atoms with van der Waals surface area (Å²) in [7, 11) is 0. The molecular weight excluding hydrogens is 286 g/mol. The van der Waals surface area contributed by atoms with E-state index in [4.69, 9.17) is 16.0 Å². The van der Waals surface area contributed by atoms with E-state index >= 15 is 0 Å². The van der Waals surface area contributed by atoms with Gasteiger partial charge in [-0.3, -0.25) is 0 Å². The SMILES string of the molecule is CC(Cl)c1nc2c(C#N)cccc2n1C(C)c1ccco1. The number of furan rings is 1. The van der Waals surface area contributed by atoms with Crippen molar-refractivity contribution in [2.45, 2.75) is 25.3 Å². The average molecular weight is 300 g/mol. The molecule has 0 spiro atoms. The summed E-state index contributed by atoms with van der Waals surface area (Å²) in [6.07, 6.45) is 1.65. The van der Waals surface area contributed by atoms with Gasteiger partial charge in [-0.2, -0.15) is 5.26 Å². The van der Waals surface area contributed by atoms with Crippen molar-refractivity contribution >= 4 is 22.6 Å². The molecule has 2 heterocycles. The monoisotopic (exact) mass is 299 g/mol. The number of para-hydroxylation sites is 1. The van der Waals surface area contributed by atoms with Crippen LogP contribution in [0.3, 0.4) is 0 Å². The molecule has 5 heteroatoms. The molecule has 3 rings (SSSR count). The zero-order chi connectivity index (χ0) is 15.0. The molecule has 106 valence electrons. The molecule has 3 aromatic rings. The summed E-state index contributed by atoms with van der Waals surface area (Å²) in [5, 5.41) is 8.98. The maximum atomic E-state index is 9.25. The van der Waals surface area contributed by atoms with Gasteiger partial charge in [0.25, 0.3) is 0 Å². The van der Waals surface area contributed by atoms with Crippen LogP contribution in [0.4, 0.5) is 0 Å². The molecule has 0 fully saturated rings. The topological polar surface area (TPSA) is 54.8 Å². The Morgan fingerprint density at radius 1 is 1.29 bits per heavy atom. The lowest BCUT2D eigenvalue weighted by atomic mass is 10.2. The molecule has 0 bridgehead atoms. The highest BCUT2D eigenvalue weighted by Crippen LogP contribution is 2.32. The molecule has 0 aliphatic carbocycles. The number of imidazole rings is 1. The normalized spacial score (nSPS) is 14.0. The van der Waals surface area contributed by atoms with E-state index in [0.29, 0.717) is 11.1 Å². The Hall–Kier alpha value is -2.25. The number of nitrogens with zero attached hydrogens (tertiary/aromatic N) is 3. The van der Waals surface area contributed by atoms with Crippen LogP contribution in [0.2, 0.25) is 0 Å². The van der Waals surface area contributed by atoms with Crippen LogP contribution in [0.5, 0.6) is 0 Å². The van der Waals surface area contributed by atoms with E-state index in [1.165, 1.54) is 0 Å². The number of halogens is 1. The predicted molar refractivity (Wildman–Crippen MR) is 81.2 cm³/mol. The zero-order valence-electron chi connectivity index (χ0n) is 11.7. The first kappa shape index (κ1) is 13.7. The van der Waals surface area contributed by atoms with E-state index in [2.05, 4.69) is 11.1 Å². The Labute approximate surface area is 127 Å². The standard InChI is InChI=1S/C16H14ClN3O/c1-10(17)16-19-15-12(9-18)5-3-6-13(15)20(16)11(2)14-7-4-8-21-14/h3-8,10-11H,1-2H3. The van der Waals surface area contributed by atoms with Crippen LogP contribution < -0.4 is 0 Å². The maximum absolute atomic E-state index is 9.25. The largest absolute Gasteiger partial charge is 0.467 e. The number of rotatable bonds is 3. The summed E-state index contributed by atoms with van der Waals surface area (Å²) in [6, 6.07) is 11.5. The van der Waals surface area contributed by atoms with Crippen LogP contribution >= 0.6 is 11.6 Å². The van der Waals surface area contributed by atoms with Gasteiger partial charge < -0.3 is 8.98 Å². The number of fused-ring (bicyclic) bond motifs is 1. The van der Waals surface area contributed by atoms with Gasteiger partial charge in [-0.1, -0.05) is 6.07 Å². The summed E-state index contributed by atoms with van der Waals surface area (Å²) in [5.74, 6) is 1.56. The van der Waals surface area contributed by atoms with E-state index in [1.807, 2.05) is 42.7 Å². The smallest absolute Gasteiger partial charge is 0.128 e. The second-order valence-corrected chi connectivity index (χ2v) is 5.59. The number of aromatic nitrogens is 2. The quantitative estimate of drug-likeness (QED) is 0.673. The van der Waals surface area contributed by atoms with Gasteiger partial charge in [0.1, 0.15) is 23.2 Å². The molecule has 21 heavy (non-hydrogen) atoms. The van der Waals surface area contributed by atoms with Crippen molar-refractivity contribution in [2.75, 3.05) is 0 Å². The van der Waals surface area contributed by atoms with Crippen molar-refractivity contribution in [1.29, 1.82) is 5.26 Å². The first-order chi connectivity index (χ1) is 10.1. The number of benzene rings is 1. The molecule has 0 aliphatic rings. The van der Waals surface area contributed by atoms with Gasteiger partial charge in [0.05, 0.1) is 28.8 Å². The van der Waals surface area contributed by atoms with Gasteiger partial charge in [0.2, 0.25) is 0 Å². The molecule has 2 unspecified atom stereocenters. The molecule has 4 nitrogen and oxygen atoms in total. The van der Waals surface area contributed by atoms with Crippen molar-refractivity contribution in [3.63, 3.8) is 0 Å². The lowest BCUT2D eigenvalue weighted by Gasteiger charge is -2.16. The van der Waals surface area contributed by atoms with Crippen LogP contribution in [-0.4, -0.2) is 9.55 Å². The van der Waals surface area contributed by atoms with E-state index < -0.39 is 0 Å². The molecule has 0 radical (unpaired) electrons. The fourth-order valence-electron chi connectivity index (χ4n) is 2.57. The van der Waals surface area contributed by atoms with Gasteiger partial charge in [0, 0.05) is 0 Å². The fourth-order valence-corrected chi connectivity index (χ4v) is 2.72. The van der Waals surface area contributed by atoms with E-state index in [0.717, 1.165) is 17.1 Å². The average Bonchev–Trinajstić information content (AvgIpc) is 3.13. The van der Waals surface area contributed by atoms with Gasteiger partial charge >= 0.3 is 0 Å². The van der Waals surface area contributed by atoms with Crippen molar-refractivity contribution < 1.29 is 4.42 Å². The van der Waals surface area contributed by atoms with Crippen molar-refractivity contribution in [3.05, 3.63) is 53.7 Å². The van der Waals surface area contributed by atoms with Gasteiger partial charge in [-0.25, -0.2) is 4.98 Å². The fraction of sp³-hybridized carbons (Fsp3) is 0.250. The lowest BCUT2D eigenvalue weighted by molar-refractivity contribution is 0.444. The number of alkyl halides is 1.